The van der Waals surface area contributed by atoms with Gasteiger partial charge in [-0.05, 0) is 119 Å². The topological polar surface area (TPSA) is 139 Å². The Morgan fingerprint density at radius 2 is 0.574 bits per heavy atom. The molecule has 6 aromatic rings. The van der Waals surface area contributed by atoms with E-state index in [0.29, 0.717) is 101 Å². The number of aromatic amines is 2. The summed E-state index contributed by atoms with van der Waals surface area (Å²) in [5.41, 5.74) is 3.33. The maximum atomic E-state index is 6.44. The number of ether oxygens (including phenoxy) is 6. The van der Waals surface area contributed by atoms with Gasteiger partial charge in [0.05, 0.1) is 69.3 Å². The molecule has 0 amide bonds. The molecule has 54 heavy (non-hydrogen) atoms. The highest BCUT2D eigenvalue weighted by atomic mass is 16.5. The molecule has 12 nitrogen and oxygen atoms in total. The molecule has 0 aliphatic carbocycles. The van der Waals surface area contributed by atoms with Crippen molar-refractivity contribution in [3.8, 4) is 57.3 Å². The molecule has 4 heterocycles. The van der Waals surface area contributed by atoms with Crippen LogP contribution < -0.4 is 28.4 Å². The maximum absolute atomic E-state index is 6.44. The van der Waals surface area contributed by atoms with Crippen molar-refractivity contribution in [1.29, 1.82) is 0 Å². The zero-order valence-electron chi connectivity index (χ0n) is 33.2. The van der Waals surface area contributed by atoms with Crippen LogP contribution >= 0.6 is 0 Å². The normalized spacial score (nSPS) is 12.3. The van der Waals surface area contributed by atoms with Crippen LogP contribution in [0, 0.1) is 0 Å². The number of nitrogens with one attached hydrogen (secondary N) is 2. The van der Waals surface area contributed by atoms with E-state index in [4.69, 9.17) is 48.4 Å². The van der Waals surface area contributed by atoms with E-state index >= 15 is 0 Å². The fourth-order valence-corrected chi connectivity index (χ4v) is 6.70. The minimum absolute atomic E-state index is 0.118. The summed E-state index contributed by atoms with van der Waals surface area (Å²) in [6.07, 6.45) is -0.729. The number of hydrogen-bond acceptors (Lipinski definition) is 10. The van der Waals surface area contributed by atoms with Gasteiger partial charge in [0.25, 0.3) is 0 Å². The average Bonchev–Trinajstić information content (AvgIpc) is 3.72. The van der Waals surface area contributed by atoms with E-state index in [1.165, 1.54) is 0 Å². The van der Waals surface area contributed by atoms with Crippen molar-refractivity contribution < 1.29 is 28.4 Å². The fourth-order valence-electron chi connectivity index (χ4n) is 6.70. The van der Waals surface area contributed by atoms with E-state index in [1.807, 2.05) is 119 Å². The molecule has 0 spiro atoms. The first-order chi connectivity index (χ1) is 25.7. The van der Waals surface area contributed by atoms with Gasteiger partial charge in [-0.15, -0.1) is 0 Å². The van der Waals surface area contributed by atoms with E-state index in [9.17, 15) is 0 Å². The fraction of sp³-hybridized carbons (Fsp3) is 0.429. The number of aromatic nitrogens is 6. The molecule has 6 bridgehead atoms. The second-order valence-electron chi connectivity index (χ2n) is 15.2. The first-order valence-corrected chi connectivity index (χ1v) is 18.8. The Morgan fingerprint density at radius 1 is 0.333 bits per heavy atom. The lowest BCUT2D eigenvalue weighted by atomic mass is 10.1. The van der Waals surface area contributed by atoms with Crippen molar-refractivity contribution in [3.05, 3.63) is 36.4 Å². The van der Waals surface area contributed by atoms with Gasteiger partial charge in [-0.2, -0.15) is 0 Å². The van der Waals surface area contributed by atoms with Gasteiger partial charge in [0.1, 0.15) is 57.1 Å². The summed E-state index contributed by atoms with van der Waals surface area (Å²) in [4.78, 5) is 28.1. The van der Waals surface area contributed by atoms with Crippen molar-refractivity contribution in [3.63, 3.8) is 0 Å². The molecule has 1 aliphatic rings. The molecular weight excluding hydrogens is 684 g/mol. The summed E-state index contributed by atoms with van der Waals surface area (Å²) < 4.78 is 38.6. The predicted molar refractivity (Wildman–Crippen MR) is 213 cm³/mol. The maximum Gasteiger partial charge on any atom is 0.168 e. The van der Waals surface area contributed by atoms with E-state index in [1.54, 1.807) is 0 Å². The largest absolute Gasteiger partial charge is 0.490 e. The number of fused-ring (bicyclic) bond motifs is 15. The molecule has 0 radical (unpaired) electrons. The highest BCUT2D eigenvalue weighted by Gasteiger charge is 2.30. The lowest BCUT2D eigenvalue weighted by molar-refractivity contribution is 0.236. The Labute approximate surface area is 315 Å². The van der Waals surface area contributed by atoms with Gasteiger partial charge < -0.3 is 38.4 Å². The molecule has 0 fully saturated rings. The molecular formula is C42H50N6O6. The van der Waals surface area contributed by atoms with Crippen LogP contribution in [0.1, 0.15) is 83.1 Å². The minimum atomic E-state index is -0.126. The SMILES string of the molecule is CC(C)Oc1ccc(OC(C)C)c2c1-c1nc-2nc2[nH]c(nc3[nH]c(n1)c1c(OC(C)C)ccc(OC(C)C)c31)c1c(OC(C)C)ccc(OC(C)C)c21. The Bertz CT molecular complexity index is 2280. The van der Waals surface area contributed by atoms with E-state index in [-0.39, 0.29) is 36.6 Å². The van der Waals surface area contributed by atoms with Gasteiger partial charge in [0.2, 0.25) is 0 Å². The van der Waals surface area contributed by atoms with Gasteiger partial charge in [0.15, 0.2) is 11.6 Å². The Morgan fingerprint density at radius 3 is 0.852 bits per heavy atom. The quantitative estimate of drug-likeness (QED) is 0.125. The molecule has 0 unspecified atom stereocenters. The molecule has 12 heteroatoms. The first-order valence-electron chi connectivity index (χ1n) is 18.8. The summed E-state index contributed by atoms with van der Waals surface area (Å²) in [5.74, 6) is 4.51. The first kappa shape index (κ1) is 36.8. The molecule has 1 aliphatic heterocycles. The second-order valence-corrected chi connectivity index (χ2v) is 15.2. The van der Waals surface area contributed by atoms with E-state index in [0.717, 1.165) is 0 Å². The Kier molecular flexibility index (Phi) is 9.80. The van der Waals surface area contributed by atoms with Crippen LogP contribution in [0.4, 0.5) is 0 Å². The smallest absolute Gasteiger partial charge is 0.168 e. The summed E-state index contributed by atoms with van der Waals surface area (Å²) in [7, 11) is 0. The van der Waals surface area contributed by atoms with Gasteiger partial charge >= 0.3 is 0 Å². The van der Waals surface area contributed by atoms with Crippen LogP contribution in [0.3, 0.4) is 0 Å². The molecule has 0 atom stereocenters. The molecule has 3 aromatic heterocycles. The minimum Gasteiger partial charge on any atom is -0.490 e. The number of nitrogens with zero attached hydrogens (tertiary/aromatic N) is 4. The summed E-state index contributed by atoms with van der Waals surface area (Å²) in [5, 5.41) is 2.82. The second kappa shape index (κ2) is 14.4. The van der Waals surface area contributed by atoms with Crippen LogP contribution in [0.15, 0.2) is 36.4 Å². The van der Waals surface area contributed by atoms with E-state index < -0.39 is 0 Å². The van der Waals surface area contributed by atoms with Crippen LogP contribution in [-0.2, 0) is 0 Å². The Hall–Kier alpha value is -5.52. The van der Waals surface area contributed by atoms with Crippen molar-refractivity contribution in [1.82, 2.24) is 29.9 Å². The van der Waals surface area contributed by atoms with Gasteiger partial charge in [-0.1, -0.05) is 0 Å². The van der Waals surface area contributed by atoms with Gasteiger partial charge in [-0.3, -0.25) is 0 Å². The molecule has 3 aromatic carbocycles. The number of H-pyrrole nitrogens is 2. The number of benzene rings is 3. The predicted octanol–water partition coefficient (Wildman–Crippen LogP) is 10.0. The monoisotopic (exact) mass is 734 g/mol. The summed E-state index contributed by atoms with van der Waals surface area (Å²) in [6, 6.07) is 11.5. The zero-order valence-corrected chi connectivity index (χ0v) is 33.2. The van der Waals surface area contributed by atoms with Gasteiger partial charge in [-0.25, -0.2) is 19.9 Å². The van der Waals surface area contributed by atoms with Crippen LogP contribution in [-0.4, -0.2) is 66.5 Å². The molecule has 0 saturated carbocycles. The molecule has 7 rings (SSSR count). The average molecular weight is 735 g/mol. The summed E-state index contributed by atoms with van der Waals surface area (Å²) in [6.45, 7) is 23.9. The highest BCUT2D eigenvalue weighted by molar-refractivity contribution is 6.14. The zero-order chi connectivity index (χ0) is 38.6. The molecule has 2 N–H and O–H groups in total. The number of hydrogen-bond donors (Lipinski definition) is 2. The standard InChI is InChI=1S/C42H50N6O6/c1-19(2)49-25-13-14-26(50-20(3)4)32-31(25)37-43-38(32)47-40-35-29(53-23(9)10)17-18-30(54-24(11)12)36(35)42(45-40)48-41-34-28(52-22(7)8)16-15-27(51-21(5)6)33(34)39(44-41)46-37/h13-24H,1-12H3,(H2,43,44,45,46,47,48). The van der Waals surface area contributed by atoms with Crippen molar-refractivity contribution >= 4 is 44.1 Å². The van der Waals surface area contributed by atoms with Crippen molar-refractivity contribution in [2.75, 3.05) is 0 Å². The highest BCUT2D eigenvalue weighted by Crippen LogP contribution is 2.48. The third kappa shape index (κ3) is 6.97. The third-order valence-electron chi connectivity index (χ3n) is 8.30. The van der Waals surface area contributed by atoms with Crippen molar-refractivity contribution in [2.24, 2.45) is 0 Å². The molecule has 0 saturated heterocycles. The third-order valence-corrected chi connectivity index (χ3v) is 8.30. The Balaban J connectivity index is 1.76. The molecule has 284 valence electrons. The lowest BCUT2D eigenvalue weighted by Crippen LogP contribution is -2.09. The van der Waals surface area contributed by atoms with Crippen LogP contribution in [0.2, 0.25) is 0 Å². The summed E-state index contributed by atoms with van der Waals surface area (Å²) >= 11 is 0. The van der Waals surface area contributed by atoms with Gasteiger partial charge in [0, 0.05) is 0 Å². The van der Waals surface area contributed by atoms with E-state index in [2.05, 4.69) is 9.97 Å². The van der Waals surface area contributed by atoms with Crippen LogP contribution in [0.25, 0.3) is 66.9 Å². The van der Waals surface area contributed by atoms with Crippen molar-refractivity contribution in [2.45, 2.75) is 120 Å². The number of rotatable bonds is 12. The van der Waals surface area contributed by atoms with Crippen LogP contribution in [0.5, 0.6) is 34.5 Å². The lowest BCUT2D eigenvalue weighted by Gasteiger charge is -2.17.